The lowest BCUT2D eigenvalue weighted by molar-refractivity contribution is -0.135. The van der Waals surface area contributed by atoms with Gasteiger partial charge in [-0.2, -0.15) is 0 Å². The monoisotopic (exact) mass is 329 g/mol. The molecular weight excluding hydrogens is 306 g/mol. The summed E-state index contributed by atoms with van der Waals surface area (Å²) in [7, 11) is 0. The molecule has 1 saturated heterocycles. The molecule has 0 atom stereocenters. The van der Waals surface area contributed by atoms with E-state index in [0.717, 1.165) is 24.8 Å². The maximum absolute atomic E-state index is 12.4. The van der Waals surface area contributed by atoms with Gasteiger partial charge in [0.1, 0.15) is 0 Å². The maximum atomic E-state index is 12.4. The van der Waals surface area contributed by atoms with Gasteiger partial charge in [-0.05, 0) is 25.0 Å². The second-order valence-corrected chi connectivity index (χ2v) is 6.06. The minimum Gasteiger partial charge on any atom is -0.378 e. The van der Waals surface area contributed by atoms with Crippen molar-refractivity contribution in [1.29, 1.82) is 0 Å². The number of amides is 1. The maximum Gasteiger partial charge on any atom is 0.261 e. The van der Waals surface area contributed by atoms with Crippen molar-refractivity contribution in [2.75, 3.05) is 26.3 Å². The third-order valence-corrected chi connectivity index (χ3v) is 4.38. The molecule has 128 valence electrons. The fraction of sp³-hybridized carbons (Fsp3) is 0.500. The molecule has 0 radical (unpaired) electrons. The highest BCUT2D eigenvalue weighted by atomic mass is 16.5. The topological polar surface area (TPSA) is 64.4 Å². The van der Waals surface area contributed by atoms with Gasteiger partial charge in [0.25, 0.3) is 5.56 Å². The van der Waals surface area contributed by atoms with E-state index in [9.17, 15) is 9.59 Å². The fourth-order valence-corrected chi connectivity index (χ4v) is 2.97. The summed E-state index contributed by atoms with van der Waals surface area (Å²) >= 11 is 0. The average Bonchev–Trinajstić information content (AvgIpc) is 2.64. The summed E-state index contributed by atoms with van der Waals surface area (Å²) < 4.78 is 6.91. The molecule has 1 aliphatic rings. The van der Waals surface area contributed by atoms with E-state index in [4.69, 9.17) is 4.74 Å². The number of rotatable bonds is 6. The van der Waals surface area contributed by atoms with Gasteiger partial charge in [-0.25, -0.2) is 4.98 Å². The molecule has 1 amide bonds. The van der Waals surface area contributed by atoms with Crippen LogP contribution in [0.15, 0.2) is 35.4 Å². The summed E-state index contributed by atoms with van der Waals surface area (Å²) in [6.45, 7) is 3.34. The van der Waals surface area contributed by atoms with Crippen LogP contribution in [0.5, 0.6) is 0 Å². The number of para-hydroxylation sites is 1. The number of carbonyl (C=O) groups is 1. The van der Waals surface area contributed by atoms with Crippen LogP contribution in [-0.4, -0.2) is 46.7 Å². The van der Waals surface area contributed by atoms with Crippen molar-refractivity contribution in [3.8, 4) is 0 Å². The Labute approximate surface area is 141 Å². The Kier molecular flexibility index (Phi) is 5.59. The number of fused-ring (bicyclic) bond motifs is 1. The Morgan fingerprint density at radius 1 is 1.12 bits per heavy atom. The normalized spacial score (nSPS) is 14.9. The second-order valence-electron chi connectivity index (χ2n) is 6.06. The average molecular weight is 329 g/mol. The minimum atomic E-state index is 0.00462. The lowest BCUT2D eigenvalue weighted by Crippen LogP contribution is -2.40. The van der Waals surface area contributed by atoms with Crippen molar-refractivity contribution in [3.05, 3.63) is 40.9 Å². The van der Waals surface area contributed by atoms with E-state index in [2.05, 4.69) is 4.98 Å². The van der Waals surface area contributed by atoms with Gasteiger partial charge in [0.2, 0.25) is 5.91 Å². The van der Waals surface area contributed by atoms with Crippen LogP contribution in [0.2, 0.25) is 0 Å². The molecule has 0 N–H and O–H groups in total. The van der Waals surface area contributed by atoms with E-state index >= 15 is 0 Å². The first-order chi connectivity index (χ1) is 11.8. The first-order valence-electron chi connectivity index (χ1n) is 8.55. The van der Waals surface area contributed by atoms with Gasteiger partial charge in [-0.15, -0.1) is 0 Å². The number of hydrogen-bond donors (Lipinski definition) is 0. The molecule has 1 fully saturated rings. The number of benzene rings is 1. The molecule has 0 bridgehead atoms. The number of nitrogens with zero attached hydrogens (tertiary/aromatic N) is 3. The van der Waals surface area contributed by atoms with Crippen LogP contribution in [-0.2, 0) is 16.1 Å². The molecule has 2 heterocycles. The fourth-order valence-electron chi connectivity index (χ4n) is 2.97. The minimum absolute atomic E-state index is 0.00462. The second kappa shape index (κ2) is 8.06. The zero-order chi connectivity index (χ0) is 16.8. The summed E-state index contributed by atoms with van der Waals surface area (Å²) in [6, 6.07) is 7.39. The Balaban J connectivity index is 1.44. The van der Waals surface area contributed by atoms with Gasteiger partial charge in [0.15, 0.2) is 0 Å². The zero-order valence-electron chi connectivity index (χ0n) is 13.8. The quantitative estimate of drug-likeness (QED) is 0.758. The van der Waals surface area contributed by atoms with Gasteiger partial charge < -0.3 is 9.64 Å². The predicted octanol–water partition coefficient (Wildman–Crippen LogP) is 1.82. The van der Waals surface area contributed by atoms with E-state index in [1.54, 1.807) is 10.9 Å². The number of morpholine rings is 1. The van der Waals surface area contributed by atoms with Gasteiger partial charge in [-0.3, -0.25) is 14.2 Å². The van der Waals surface area contributed by atoms with Gasteiger partial charge in [0, 0.05) is 26.1 Å². The number of hydrogen-bond acceptors (Lipinski definition) is 4. The SMILES string of the molecule is O=C(CCCCCn1cnc2ccccc2c1=O)N1CCOCC1. The van der Waals surface area contributed by atoms with Crippen LogP contribution >= 0.6 is 0 Å². The van der Waals surface area contributed by atoms with E-state index in [0.29, 0.717) is 44.7 Å². The highest BCUT2D eigenvalue weighted by Gasteiger charge is 2.15. The summed E-state index contributed by atoms with van der Waals surface area (Å²) in [4.78, 5) is 30.6. The van der Waals surface area contributed by atoms with Gasteiger partial charge in [0.05, 0.1) is 30.4 Å². The van der Waals surface area contributed by atoms with Crippen LogP contribution < -0.4 is 5.56 Å². The van der Waals surface area contributed by atoms with Crippen molar-refractivity contribution in [2.45, 2.75) is 32.2 Å². The molecule has 24 heavy (non-hydrogen) atoms. The number of aryl methyl sites for hydroxylation is 1. The highest BCUT2D eigenvalue weighted by Crippen LogP contribution is 2.08. The third kappa shape index (κ3) is 4.00. The van der Waals surface area contributed by atoms with Gasteiger partial charge in [-0.1, -0.05) is 18.6 Å². The molecule has 1 aromatic carbocycles. The molecule has 1 aliphatic heterocycles. The van der Waals surface area contributed by atoms with Crippen LogP contribution in [0.3, 0.4) is 0 Å². The first-order valence-corrected chi connectivity index (χ1v) is 8.55. The van der Waals surface area contributed by atoms with Crippen molar-refractivity contribution in [2.24, 2.45) is 0 Å². The van der Waals surface area contributed by atoms with Crippen molar-refractivity contribution in [3.63, 3.8) is 0 Å². The van der Waals surface area contributed by atoms with Crippen LogP contribution in [0.25, 0.3) is 10.9 Å². The smallest absolute Gasteiger partial charge is 0.261 e. The van der Waals surface area contributed by atoms with Crippen molar-refractivity contribution < 1.29 is 9.53 Å². The van der Waals surface area contributed by atoms with Crippen LogP contribution in [0.1, 0.15) is 25.7 Å². The highest BCUT2D eigenvalue weighted by molar-refractivity contribution is 5.77. The Hall–Kier alpha value is -2.21. The predicted molar refractivity (Wildman–Crippen MR) is 91.9 cm³/mol. The number of ether oxygens (including phenoxy) is 1. The number of carbonyl (C=O) groups excluding carboxylic acids is 1. The lowest BCUT2D eigenvalue weighted by Gasteiger charge is -2.26. The van der Waals surface area contributed by atoms with E-state index in [1.807, 2.05) is 29.2 Å². The third-order valence-electron chi connectivity index (χ3n) is 4.38. The molecular formula is C18H23N3O3. The molecule has 3 rings (SSSR count). The summed E-state index contributed by atoms with van der Waals surface area (Å²) in [5.74, 6) is 0.211. The first kappa shape index (κ1) is 16.6. The van der Waals surface area contributed by atoms with Crippen LogP contribution in [0.4, 0.5) is 0 Å². The molecule has 2 aromatic rings. The number of aromatic nitrogens is 2. The molecule has 0 saturated carbocycles. The molecule has 0 unspecified atom stereocenters. The Bertz CT molecular complexity index is 751. The van der Waals surface area contributed by atoms with E-state index in [-0.39, 0.29) is 11.5 Å². The zero-order valence-corrected chi connectivity index (χ0v) is 13.8. The van der Waals surface area contributed by atoms with E-state index in [1.165, 1.54) is 0 Å². The molecule has 6 nitrogen and oxygen atoms in total. The Morgan fingerprint density at radius 3 is 2.75 bits per heavy atom. The van der Waals surface area contributed by atoms with E-state index < -0.39 is 0 Å². The lowest BCUT2D eigenvalue weighted by atomic mass is 10.1. The Morgan fingerprint density at radius 2 is 1.92 bits per heavy atom. The number of unbranched alkanes of at least 4 members (excludes halogenated alkanes) is 2. The molecule has 6 heteroatoms. The van der Waals surface area contributed by atoms with Gasteiger partial charge >= 0.3 is 0 Å². The van der Waals surface area contributed by atoms with Crippen molar-refractivity contribution in [1.82, 2.24) is 14.5 Å². The molecule has 0 spiro atoms. The van der Waals surface area contributed by atoms with Crippen molar-refractivity contribution >= 4 is 16.8 Å². The standard InChI is InChI=1S/C18H23N3O3/c22-17(20-10-12-24-13-11-20)8-2-1-5-9-21-14-19-16-7-4-3-6-15(16)18(21)23/h3-4,6-7,14H,1-2,5,8-13H2. The van der Waals surface area contributed by atoms with Crippen LogP contribution in [0, 0.1) is 0 Å². The molecule has 0 aliphatic carbocycles. The summed E-state index contributed by atoms with van der Waals surface area (Å²) in [5.41, 5.74) is 0.736. The largest absolute Gasteiger partial charge is 0.378 e. The summed E-state index contributed by atoms with van der Waals surface area (Å²) in [5, 5.41) is 0.655. The summed E-state index contributed by atoms with van der Waals surface area (Å²) in [6.07, 6.45) is 4.84. The molecule has 1 aromatic heterocycles.